The van der Waals surface area contributed by atoms with Gasteiger partial charge in [0, 0.05) is 30.2 Å². The molecule has 1 atom stereocenters. The van der Waals surface area contributed by atoms with Gasteiger partial charge in [-0.2, -0.15) is 0 Å². The van der Waals surface area contributed by atoms with Gasteiger partial charge in [0.25, 0.3) is 11.8 Å². The van der Waals surface area contributed by atoms with E-state index in [2.05, 4.69) is 5.32 Å². The van der Waals surface area contributed by atoms with Crippen LogP contribution in [0.4, 0.5) is 0 Å². The highest BCUT2D eigenvalue weighted by molar-refractivity contribution is 6.30. The summed E-state index contributed by atoms with van der Waals surface area (Å²) in [6, 6.07) is 14.6. The molecule has 2 aromatic carbocycles. The molecular formula is C21H27ClN3O3+. The zero-order valence-corrected chi connectivity index (χ0v) is 17.3. The zero-order chi connectivity index (χ0) is 20.5. The van der Waals surface area contributed by atoms with Crippen molar-refractivity contribution in [1.82, 2.24) is 10.2 Å². The van der Waals surface area contributed by atoms with Crippen molar-refractivity contribution >= 4 is 23.4 Å². The summed E-state index contributed by atoms with van der Waals surface area (Å²) in [5, 5.41) is 3.26. The number of amides is 2. The maximum absolute atomic E-state index is 12.4. The molecule has 2 rings (SSSR count). The van der Waals surface area contributed by atoms with Crippen LogP contribution in [0.1, 0.15) is 15.9 Å². The molecule has 0 bridgehead atoms. The molecule has 2 amide bonds. The van der Waals surface area contributed by atoms with E-state index in [1.165, 1.54) is 0 Å². The number of hydrogen-bond acceptors (Lipinski definition) is 3. The van der Waals surface area contributed by atoms with Gasteiger partial charge in [0.2, 0.25) is 0 Å². The van der Waals surface area contributed by atoms with E-state index in [1.54, 1.807) is 55.4 Å². The molecule has 0 aliphatic carbocycles. The smallest absolute Gasteiger partial charge is 0.277 e. The molecule has 2 aromatic rings. The number of hydrogen-bond donors (Lipinski definition) is 2. The van der Waals surface area contributed by atoms with E-state index in [1.807, 2.05) is 19.2 Å². The van der Waals surface area contributed by atoms with E-state index in [9.17, 15) is 9.59 Å². The topological polar surface area (TPSA) is 63.1 Å². The summed E-state index contributed by atoms with van der Waals surface area (Å²) in [5.74, 6) is 0.678. The third-order valence-electron chi connectivity index (χ3n) is 4.34. The predicted molar refractivity (Wildman–Crippen MR) is 110 cm³/mol. The van der Waals surface area contributed by atoms with Crippen molar-refractivity contribution in [2.45, 2.75) is 6.54 Å². The van der Waals surface area contributed by atoms with Crippen molar-refractivity contribution in [2.24, 2.45) is 0 Å². The molecule has 6 nitrogen and oxygen atoms in total. The van der Waals surface area contributed by atoms with Crippen molar-refractivity contribution < 1.29 is 19.2 Å². The monoisotopic (exact) mass is 404 g/mol. The molecule has 0 spiro atoms. The van der Waals surface area contributed by atoms with Gasteiger partial charge in [-0.05, 0) is 36.4 Å². The van der Waals surface area contributed by atoms with Crippen molar-refractivity contribution in [3.05, 3.63) is 64.7 Å². The summed E-state index contributed by atoms with van der Waals surface area (Å²) in [7, 11) is 5.36. The Morgan fingerprint density at radius 3 is 2.36 bits per heavy atom. The highest BCUT2D eigenvalue weighted by Gasteiger charge is 2.15. The molecule has 0 heterocycles. The quantitative estimate of drug-likeness (QED) is 0.661. The van der Waals surface area contributed by atoms with Crippen LogP contribution in [0.15, 0.2) is 48.5 Å². The minimum Gasteiger partial charge on any atom is -0.492 e. The third-order valence-corrected chi connectivity index (χ3v) is 4.59. The number of quaternary nitrogens is 1. The molecule has 7 heteroatoms. The largest absolute Gasteiger partial charge is 0.492 e. The minimum absolute atomic E-state index is 0.0548. The van der Waals surface area contributed by atoms with Gasteiger partial charge in [0.1, 0.15) is 18.9 Å². The first-order chi connectivity index (χ1) is 13.4. The van der Waals surface area contributed by atoms with E-state index in [0.717, 1.165) is 16.2 Å². The first-order valence-electron chi connectivity index (χ1n) is 9.13. The lowest BCUT2D eigenvalue weighted by molar-refractivity contribution is -0.885. The zero-order valence-electron chi connectivity index (χ0n) is 16.5. The molecule has 0 fully saturated rings. The Labute approximate surface area is 171 Å². The average molecular weight is 405 g/mol. The van der Waals surface area contributed by atoms with E-state index in [4.69, 9.17) is 16.3 Å². The van der Waals surface area contributed by atoms with Crippen LogP contribution in [0.3, 0.4) is 0 Å². The van der Waals surface area contributed by atoms with Gasteiger partial charge in [0.05, 0.1) is 13.6 Å². The Kier molecular flexibility index (Phi) is 8.29. The molecule has 0 saturated carbocycles. The van der Waals surface area contributed by atoms with Gasteiger partial charge in [0.15, 0.2) is 6.54 Å². The maximum Gasteiger partial charge on any atom is 0.277 e. The number of rotatable bonds is 9. The number of nitrogens with one attached hydrogen (secondary N) is 2. The summed E-state index contributed by atoms with van der Waals surface area (Å²) < 4.78 is 5.63. The van der Waals surface area contributed by atoms with Gasteiger partial charge in [-0.3, -0.25) is 9.59 Å². The number of halogens is 1. The molecule has 0 aliphatic heterocycles. The van der Waals surface area contributed by atoms with Gasteiger partial charge in [-0.25, -0.2) is 0 Å². The van der Waals surface area contributed by atoms with E-state index < -0.39 is 0 Å². The van der Waals surface area contributed by atoms with Crippen LogP contribution in [-0.4, -0.2) is 57.6 Å². The first kappa shape index (κ1) is 21.7. The van der Waals surface area contributed by atoms with Crippen molar-refractivity contribution in [3.63, 3.8) is 0 Å². The van der Waals surface area contributed by atoms with Gasteiger partial charge in [-0.1, -0.05) is 23.7 Å². The fourth-order valence-electron chi connectivity index (χ4n) is 2.68. The van der Waals surface area contributed by atoms with Crippen LogP contribution in [0.5, 0.6) is 5.75 Å². The molecular weight excluding hydrogens is 378 g/mol. The van der Waals surface area contributed by atoms with Crippen LogP contribution >= 0.6 is 11.6 Å². The minimum atomic E-state index is -0.107. The number of nitrogens with zero attached hydrogens (tertiary/aromatic N) is 1. The Bertz CT molecular complexity index is 778. The SMILES string of the molecule is CNC(=O)c1ccc(C[NH+](C)CC(=O)N(C)CCOc2ccc(Cl)cc2)cc1. The van der Waals surface area contributed by atoms with Crippen LogP contribution in [0.25, 0.3) is 0 Å². The molecule has 2 N–H and O–H groups in total. The molecule has 0 aromatic heterocycles. The Morgan fingerprint density at radius 1 is 1.11 bits per heavy atom. The average Bonchev–Trinajstić information content (AvgIpc) is 2.69. The number of carbonyl (C=O) groups is 2. The fourth-order valence-corrected chi connectivity index (χ4v) is 2.80. The molecule has 1 unspecified atom stereocenters. The lowest BCUT2D eigenvalue weighted by Crippen LogP contribution is -3.08. The van der Waals surface area contributed by atoms with Crippen molar-refractivity contribution in [3.8, 4) is 5.75 Å². The summed E-state index contributed by atoms with van der Waals surface area (Å²) in [6.07, 6.45) is 0. The molecule has 150 valence electrons. The second-order valence-electron chi connectivity index (χ2n) is 6.70. The van der Waals surface area contributed by atoms with Crippen LogP contribution < -0.4 is 15.0 Å². The van der Waals surface area contributed by atoms with Gasteiger partial charge >= 0.3 is 0 Å². The lowest BCUT2D eigenvalue weighted by Gasteiger charge is -2.20. The summed E-state index contributed by atoms with van der Waals surface area (Å²) in [4.78, 5) is 26.7. The Morgan fingerprint density at radius 2 is 1.75 bits per heavy atom. The van der Waals surface area contributed by atoms with Crippen LogP contribution in [-0.2, 0) is 11.3 Å². The molecule has 0 saturated heterocycles. The Hall–Kier alpha value is -2.57. The Balaban J connectivity index is 1.74. The second-order valence-corrected chi connectivity index (χ2v) is 7.14. The second kappa shape index (κ2) is 10.7. The number of likely N-dealkylation sites (N-methyl/N-ethyl adjacent to an activating group) is 2. The predicted octanol–water partition coefficient (Wildman–Crippen LogP) is 1.25. The summed E-state index contributed by atoms with van der Waals surface area (Å²) in [5.41, 5.74) is 1.70. The normalized spacial score (nSPS) is 11.6. The van der Waals surface area contributed by atoms with Crippen LogP contribution in [0.2, 0.25) is 5.02 Å². The third kappa shape index (κ3) is 6.87. The standard InChI is InChI=1S/C21H26ClN3O3/c1-23-21(27)17-6-4-16(5-7-17)14-24(2)15-20(26)25(3)12-13-28-19-10-8-18(22)9-11-19/h4-11H,12-15H2,1-3H3,(H,23,27)/p+1. The molecule has 0 radical (unpaired) electrons. The number of benzene rings is 2. The molecule has 28 heavy (non-hydrogen) atoms. The maximum atomic E-state index is 12.4. The van der Waals surface area contributed by atoms with Gasteiger partial charge < -0.3 is 19.9 Å². The highest BCUT2D eigenvalue weighted by atomic mass is 35.5. The van der Waals surface area contributed by atoms with Crippen molar-refractivity contribution in [1.29, 1.82) is 0 Å². The summed E-state index contributed by atoms with van der Waals surface area (Å²) >= 11 is 5.84. The number of ether oxygens (including phenoxy) is 1. The lowest BCUT2D eigenvalue weighted by atomic mass is 10.1. The highest BCUT2D eigenvalue weighted by Crippen LogP contribution is 2.15. The number of carbonyl (C=O) groups excluding carboxylic acids is 2. The first-order valence-corrected chi connectivity index (χ1v) is 9.51. The molecule has 0 aliphatic rings. The van der Waals surface area contributed by atoms with Crippen molar-refractivity contribution in [2.75, 3.05) is 40.8 Å². The summed E-state index contributed by atoms with van der Waals surface area (Å²) in [6.45, 7) is 2.02. The van der Waals surface area contributed by atoms with E-state index in [-0.39, 0.29) is 11.8 Å². The van der Waals surface area contributed by atoms with Gasteiger partial charge in [-0.15, -0.1) is 0 Å². The van der Waals surface area contributed by atoms with E-state index >= 15 is 0 Å². The van der Waals surface area contributed by atoms with Crippen LogP contribution in [0, 0.1) is 0 Å². The fraction of sp³-hybridized carbons (Fsp3) is 0.333. The van der Waals surface area contributed by atoms with E-state index in [0.29, 0.717) is 36.8 Å².